The lowest BCUT2D eigenvalue weighted by Gasteiger charge is -2.24. The highest BCUT2D eigenvalue weighted by molar-refractivity contribution is 7.07. The predicted octanol–water partition coefficient (Wildman–Crippen LogP) is 3.39. The second-order valence-electron chi connectivity index (χ2n) is 7.86. The van der Waals surface area contributed by atoms with E-state index in [0.717, 1.165) is 0 Å². The molecular weight excluding hydrogens is 504 g/mol. The number of methoxy groups -OCH3 is 1. The van der Waals surface area contributed by atoms with E-state index in [1.165, 1.54) is 29.9 Å². The lowest BCUT2D eigenvalue weighted by atomic mass is 9.96. The number of esters is 2. The Bertz CT molecular complexity index is 1550. The highest BCUT2D eigenvalue weighted by Gasteiger charge is 2.33. The molecule has 1 unspecified atom stereocenters. The van der Waals surface area contributed by atoms with Crippen molar-refractivity contribution in [3.63, 3.8) is 0 Å². The van der Waals surface area contributed by atoms with Gasteiger partial charge in [0.15, 0.2) is 16.3 Å². The van der Waals surface area contributed by atoms with E-state index >= 15 is 0 Å². The van der Waals surface area contributed by atoms with E-state index in [-0.39, 0.29) is 17.9 Å². The van der Waals surface area contributed by atoms with E-state index in [9.17, 15) is 14.4 Å². The van der Waals surface area contributed by atoms with Crippen molar-refractivity contribution in [3.8, 4) is 11.5 Å². The number of carbonyl (C=O) groups excluding carboxylic acids is 2. The standard InChI is InChI=1S/C26H23ClN2O6S/c1-5-34-25(32)22-14(2)28-26-29(23(22)17-7-9-18(27)10-8-17)24(31)21(36-26)13-16-6-11-19(35-15(3)30)20(12-16)33-4/h6-13,23H,5H2,1-4H3. The van der Waals surface area contributed by atoms with Crippen molar-refractivity contribution >= 4 is 41.0 Å². The molecule has 0 radical (unpaired) electrons. The molecule has 0 N–H and O–H groups in total. The molecule has 0 amide bonds. The van der Waals surface area contributed by atoms with Crippen molar-refractivity contribution in [2.75, 3.05) is 13.7 Å². The molecule has 3 aromatic rings. The van der Waals surface area contributed by atoms with Crippen LogP contribution in [0.2, 0.25) is 5.02 Å². The smallest absolute Gasteiger partial charge is 0.338 e. The van der Waals surface area contributed by atoms with Gasteiger partial charge in [0.1, 0.15) is 0 Å². The monoisotopic (exact) mass is 526 g/mol. The van der Waals surface area contributed by atoms with Gasteiger partial charge in [-0.05, 0) is 55.3 Å². The van der Waals surface area contributed by atoms with Gasteiger partial charge in [0, 0.05) is 11.9 Å². The number of aromatic nitrogens is 1. The number of thiazole rings is 1. The zero-order valence-electron chi connectivity index (χ0n) is 20.0. The lowest BCUT2D eigenvalue weighted by Crippen LogP contribution is -2.39. The van der Waals surface area contributed by atoms with E-state index < -0.39 is 18.0 Å². The Balaban J connectivity index is 1.89. The summed E-state index contributed by atoms with van der Waals surface area (Å²) in [5.74, 6) is -0.365. The number of rotatable bonds is 6. The summed E-state index contributed by atoms with van der Waals surface area (Å²) in [6.07, 6.45) is 1.70. The summed E-state index contributed by atoms with van der Waals surface area (Å²) in [6, 6.07) is 11.2. The second kappa shape index (κ2) is 10.5. The van der Waals surface area contributed by atoms with Gasteiger partial charge in [-0.15, -0.1) is 0 Å². The quantitative estimate of drug-likeness (QED) is 0.361. The third kappa shape index (κ3) is 4.98. The van der Waals surface area contributed by atoms with Crippen molar-refractivity contribution in [2.24, 2.45) is 4.99 Å². The highest BCUT2D eigenvalue weighted by atomic mass is 35.5. The molecular formula is C26H23ClN2O6S. The zero-order valence-corrected chi connectivity index (χ0v) is 21.6. The van der Waals surface area contributed by atoms with Crippen molar-refractivity contribution in [3.05, 3.63) is 89.6 Å². The normalized spacial score (nSPS) is 15.2. The van der Waals surface area contributed by atoms with Gasteiger partial charge >= 0.3 is 11.9 Å². The summed E-state index contributed by atoms with van der Waals surface area (Å²) in [7, 11) is 1.46. The average Bonchev–Trinajstić information content (AvgIpc) is 3.13. The number of ether oxygens (including phenoxy) is 3. The fourth-order valence-electron chi connectivity index (χ4n) is 3.92. The third-order valence-electron chi connectivity index (χ3n) is 5.44. The van der Waals surface area contributed by atoms with E-state index in [1.807, 2.05) is 0 Å². The van der Waals surface area contributed by atoms with Gasteiger partial charge in [0.2, 0.25) is 0 Å². The van der Waals surface area contributed by atoms with Crippen LogP contribution in [0.1, 0.15) is 37.9 Å². The van der Waals surface area contributed by atoms with Gasteiger partial charge in [-0.2, -0.15) is 0 Å². The highest BCUT2D eigenvalue weighted by Crippen LogP contribution is 2.31. The first kappa shape index (κ1) is 25.4. The average molecular weight is 527 g/mol. The molecule has 0 saturated carbocycles. The number of hydrogen-bond acceptors (Lipinski definition) is 8. The molecule has 2 aromatic carbocycles. The second-order valence-corrected chi connectivity index (χ2v) is 9.30. The van der Waals surface area contributed by atoms with Gasteiger partial charge in [0.05, 0.1) is 35.6 Å². The van der Waals surface area contributed by atoms with Crippen molar-refractivity contribution in [1.82, 2.24) is 4.57 Å². The van der Waals surface area contributed by atoms with Gasteiger partial charge < -0.3 is 14.2 Å². The molecule has 36 heavy (non-hydrogen) atoms. The molecule has 0 bridgehead atoms. The number of fused-ring (bicyclic) bond motifs is 1. The Labute approximate surface area is 215 Å². The van der Waals surface area contributed by atoms with Crippen molar-refractivity contribution in [1.29, 1.82) is 0 Å². The molecule has 1 aliphatic heterocycles. The van der Waals surface area contributed by atoms with E-state index in [1.54, 1.807) is 62.4 Å². The van der Waals surface area contributed by atoms with Crippen LogP contribution in [0.5, 0.6) is 11.5 Å². The number of carbonyl (C=O) groups is 2. The molecule has 2 heterocycles. The molecule has 0 saturated heterocycles. The van der Waals surface area contributed by atoms with Crippen LogP contribution >= 0.6 is 22.9 Å². The van der Waals surface area contributed by atoms with Crippen LogP contribution in [-0.4, -0.2) is 30.2 Å². The number of nitrogens with zero attached hydrogens (tertiary/aromatic N) is 2. The predicted molar refractivity (Wildman–Crippen MR) is 136 cm³/mol. The van der Waals surface area contributed by atoms with Crippen LogP contribution < -0.4 is 24.4 Å². The van der Waals surface area contributed by atoms with E-state index in [4.69, 9.17) is 25.8 Å². The summed E-state index contributed by atoms with van der Waals surface area (Å²) in [4.78, 5) is 42.9. The molecule has 186 valence electrons. The van der Waals surface area contributed by atoms with Crippen LogP contribution in [0.25, 0.3) is 6.08 Å². The molecule has 1 aromatic heterocycles. The van der Waals surface area contributed by atoms with E-state index in [2.05, 4.69) is 4.99 Å². The first-order chi connectivity index (χ1) is 17.2. The van der Waals surface area contributed by atoms with Gasteiger partial charge in [-0.1, -0.05) is 41.1 Å². The summed E-state index contributed by atoms with van der Waals surface area (Å²) >= 11 is 7.29. The topological polar surface area (TPSA) is 96.2 Å². The molecule has 0 aliphatic carbocycles. The molecule has 10 heteroatoms. The molecule has 0 spiro atoms. The fraction of sp³-hybridized carbons (Fsp3) is 0.231. The van der Waals surface area contributed by atoms with Crippen molar-refractivity contribution < 1.29 is 23.8 Å². The molecule has 8 nitrogen and oxygen atoms in total. The number of hydrogen-bond donors (Lipinski definition) is 0. The lowest BCUT2D eigenvalue weighted by molar-refractivity contribution is -0.139. The first-order valence-corrected chi connectivity index (χ1v) is 12.2. The van der Waals surface area contributed by atoms with Crippen LogP contribution in [0.15, 0.2) is 63.5 Å². The van der Waals surface area contributed by atoms with E-state index in [0.29, 0.717) is 42.5 Å². The minimum atomic E-state index is -0.722. The summed E-state index contributed by atoms with van der Waals surface area (Å²) in [5, 5.41) is 0.538. The Morgan fingerprint density at radius 3 is 2.53 bits per heavy atom. The van der Waals surface area contributed by atoms with Crippen LogP contribution in [0, 0.1) is 0 Å². The minimum absolute atomic E-state index is 0.193. The van der Waals surface area contributed by atoms with Crippen molar-refractivity contribution in [2.45, 2.75) is 26.8 Å². The maximum absolute atomic E-state index is 13.6. The van der Waals surface area contributed by atoms with Gasteiger partial charge in [-0.3, -0.25) is 14.2 Å². The molecule has 1 atom stereocenters. The maximum Gasteiger partial charge on any atom is 0.338 e. The van der Waals surface area contributed by atoms with Crippen LogP contribution in [0.3, 0.4) is 0 Å². The maximum atomic E-state index is 13.6. The molecule has 1 aliphatic rings. The summed E-state index contributed by atoms with van der Waals surface area (Å²) in [6.45, 7) is 4.95. The first-order valence-electron chi connectivity index (χ1n) is 11.0. The number of allylic oxidation sites excluding steroid dienone is 1. The fourth-order valence-corrected chi connectivity index (χ4v) is 5.09. The molecule has 0 fully saturated rings. The van der Waals surface area contributed by atoms with Crippen LogP contribution in [-0.2, 0) is 14.3 Å². The summed E-state index contributed by atoms with van der Waals surface area (Å²) < 4.78 is 17.7. The Kier molecular flexibility index (Phi) is 7.42. The Morgan fingerprint density at radius 1 is 1.17 bits per heavy atom. The van der Waals surface area contributed by atoms with Gasteiger partial charge in [0.25, 0.3) is 5.56 Å². The largest absolute Gasteiger partial charge is 0.493 e. The Hall–Kier alpha value is -3.69. The SMILES string of the molecule is CCOC(=O)C1=C(C)N=c2sc(=Cc3ccc(OC(C)=O)c(OC)c3)c(=O)n2C1c1ccc(Cl)cc1. The number of halogens is 1. The summed E-state index contributed by atoms with van der Waals surface area (Å²) in [5.41, 5.74) is 1.84. The minimum Gasteiger partial charge on any atom is -0.493 e. The third-order valence-corrected chi connectivity index (χ3v) is 6.68. The molecule has 4 rings (SSSR count). The Morgan fingerprint density at radius 2 is 1.89 bits per heavy atom. The zero-order chi connectivity index (χ0) is 26.0. The number of benzene rings is 2. The van der Waals surface area contributed by atoms with Crippen LogP contribution in [0.4, 0.5) is 0 Å². The van der Waals surface area contributed by atoms with Gasteiger partial charge in [-0.25, -0.2) is 9.79 Å².